The summed E-state index contributed by atoms with van der Waals surface area (Å²) in [6.45, 7) is 13.3. The molecule has 182 valence electrons. The van der Waals surface area contributed by atoms with Crippen molar-refractivity contribution in [2.24, 2.45) is 58.2 Å². The minimum absolute atomic E-state index is 0.0793. The molecule has 13 atom stereocenters. The van der Waals surface area contributed by atoms with E-state index in [1.165, 1.54) is 19.3 Å². The highest BCUT2D eigenvalue weighted by Gasteiger charge is 2.66. The molecule has 5 fully saturated rings. The van der Waals surface area contributed by atoms with Gasteiger partial charge in [-0.25, -0.2) is 0 Å². The van der Waals surface area contributed by atoms with E-state index in [0.29, 0.717) is 47.6 Å². The van der Waals surface area contributed by atoms with Crippen molar-refractivity contribution in [1.29, 1.82) is 0 Å². The van der Waals surface area contributed by atoms with Crippen molar-refractivity contribution in [3.8, 4) is 0 Å². The highest BCUT2D eigenvalue weighted by molar-refractivity contribution is 5.83. The number of ketones is 1. The van der Waals surface area contributed by atoms with Crippen LogP contribution in [-0.2, 0) is 9.53 Å². The van der Waals surface area contributed by atoms with Crippen molar-refractivity contribution in [1.82, 2.24) is 0 Å². The normalized spacial score (nSPS) is 51.2. The molecule has 0 spiro atoms. The summed E-state index contributed by atoms with van der Waals surface area (Å²) in [4.78, 5) is 13.4. The number of aliphatic hydroxyl groups is 2. The van der Waals surface area contributed by atoms with E-state index in [1.807, 2.05) is 0 Å². The fraction of sp³-hybridized carbons (Fsp3) is 0.964. The number of carbonyl (C=O) groups is 1. The third kappa shape index (κ3) is 3.29. The number of Topliss-reactive ketones (excluding diaryl/α,β-unsaturated/α-hetero) is 1. The Kier molecular flexibility index (Phi) is 5.67. The Hall–Kier alpha value is -0.450. The number of fused-ring (bicyclic) bond motifs is 6. The van der Waals surface area contributed by atoms with Gasteiger partial charge < -0.3 is 14.9 Å². The van der Waals surface area contributed by atoms with Crippen molar-refractivity contribution in [2.75, 3.05) is 0 Å². The predicted molar refractivity (Wildman–Crippen MR) is 125 cm³/mol. The molecular formula is C28H46O4. The van der Waals surface area contributed by atoms with E-state index in [2.05, 4.69) is 41.5 Å². The highest BCUT2D eigenvalue weighted by atomic mass is 16.6. The SMILES string of the molecule is CC(C)[C@H](C)[C@@H](O)[C@H](O)[C@@H](C)[C@H]1CCC2C3CC(=O)C4C[C@H]5O[C@H]5C[C@]4(C)C3CC[C@@]21C. The molecule has 4 nitrogen and oxygen atoms in total. The summed E-state index contributed by atoms with van der Waals surface area (Å²) in [5.41, 5.74) is 0.282. The molecule has 1 heterocycles. The fourth-order valence-corrected chi connectivity index (χ4v) is 9.48. The van der Waals surface area contributed by atoms with Gasteiger partial charge >= 0.3 is 0 Å². The summed E-state index contributed by atoms with van der Waals surface area (Å²) in [5, 5.41) is 22.0. The molecule has 4 unspecified atom stereocenters. The lowest BCUT2D eigenvalue weighted by Gasteiger charge is -2.59. The van der Waals surface area contributed by atoms with Gasteiger partial charge in [0.2, 0.25) is 0 Å². The zero-order chi connectivity index (χ0) is 23.2. The maximum atomic E-state index is 13.4. The first-order valence-electron chi connectivity index (χ1n) is 13.5. The summed E-state index contributed by atoms with van der Waals surface area (Å²) >= 11 is 0. The summed E-state index contributed by atoms with van der Waals surface area (Å²) in [6.07, 6.45) is 6.92. The van der Waals surface area contributed by atoms with E-state index in [9.17, 15) is 15.0 Å². The van der Waals surface area contributed by atoms with Crippen LogP contribution < -0.4 is 0 Å². The number of rotatable bonds is 5. The monoisotopic (exact) mass is 446 g/mol. The Morgan fingerprint density at radius 2 is 1.62 bits per heavy atom. The zero-order valence-electron chi connectivity index (χ0n) is 21.1. The van der Waals surface area contributed by atoms with E-state index in [1.54, 1.807) is 0 Å². The molecule has 0 bridgehead atoms. The van der Waals surface area contributed by atoms with E-state index in [0.717, 1.165) is 25.7 Å². The van der Waals surface area contributed by atoms with Gasteiger partial charge in [-0.05, 0) is 90.8 Å². The molecule has 32 heavy (non-hydrogen) atoms. The van der Waals surface area contributed by atoms with E-state index < -0.39 is 12.2 Å². The van der Waals surface area contributed by atoms with Gasteiger partial charge in [-0.3, -0.25) is 4.79 Å². The van der Waals surface area contributed by atoms with Crippen LogP contribution in [0, 0.1) is 58.2 Å². The first-order chi connectivity index (χ1) is 15.0. The quantitative estimate of drug-likeness (QED) is 0.592. The Morgan fingerprint density at radius 1 is 0.938 bits per heavy atom. The second-order valence-electron chi connectivity index (χ2n) is 13.4. The van der Waals surface area contributed by atoms with Crippen LogP contribution in [0.3, 0.4) is 0 Å². The molecule has 1 aliphatic heterocycles. The summed E-state index contributed by atoms with van der Waals surface area (Å²) in [7, 11) is 0. The molecule has 1 saturated heterocycles. The van der Waals surface area contributed by atoms with Gasteiger partial charge in [-0.1, -0.05) is 41.5 Å². The first kappa shape index (κ1) is 23.3. The molecule has 0 aromatic heterocycles. The number of hydrogen-bond acceptors (Lipinski definition) is 4. The van der Waals surface area contributed by atoms with Gasteiger partial charge in [0.1, 0.15) is 5.78 Å². The average Bonchev–Trinajstić information content (AvgIpc) is 3.39. The van der Waals surface area contributed by atoms with Crippen molar-refractivity contribution in [2.45, 2.75) is 111 Å². The molecule has 4 heteroatoms. The largest absolute Gasteiger partial charge is 0.390 e. The Bertz CT molecular complexity index is 750. The van der Waals surface area contributed by atoms with E-state index >= 15 is 0 Å². The summed E-state index contributed by atoms with van der Waals surface area (Å²) < 4.78 is 5.90. The fourth-order valence-electron chi connectivity index (χ4n) is 9.48. The molecule has 4 aliphatic carbocycles. The van der Waals surface area contributed by atoms with Crippen LogP contribution in [-0.4, -0.2) is 40.4 Å². The standard InChI is InChI=1S/C28H46O4/c1-14(2)15(3)25(30)26(31)16(4)18-7-8-19-17-11-22(29)21-12-23-24(32-23)13-28(21,6)20(17)9-10-27(18,19)5/h14-21,23-26,30-31H,7-13H2,1-6H3/t15-,16-,17?,18+,19?,20?,21?,23+,24-,25+,26+,27+,28+/m0/s1. The van der Waals surface area contributed by atoms with Crippen LogP contribution in [0.25, 0.3) is 0 Å². The van der Waals surface area contributed by atoms with E-state index in [-0.39, 0.29) is 28.6 Å². The van der Waals surface area contributed by atoms with E-state index in [4.69, 9.17) is 4.74 Å². The second-order valence-corrected chi connectivity index (χ2v) is 13.4. The van der Waals surface area contributed by atoms with Gasteiger partial charge in [-0.2, -0.15) is 0 Å². The van der Waals surface area contributed by atoms with Gasteiger partial charge in [0.25, 0.3) is 0 Å². The minimum atomic E-state index is -0.678. The molecule has 0 aromatic carbocycles. The third-order valence-electron chi connectivity index (χ3n) is 11.9. The minimum Gasteiger partial charge on any atom is -0.390 e. The third-order valence-corrected chi connectivity index (χ3v) is 11.9. The highest BCUT2D eigenvalue weighted by Crippen LogP contribution is 2.69. The Labute approximate surface area is 194 Å². The Morgan fingerprint density at radius 3 is 2.31 bits per heavy atom. The molecule has 4 saturated carbocycles. The van der Waals surface area contributed by atoms with Crippen molar-refractivity contribution >= 4 is 5.78 Å². The molecule has 5 aliphatic rings. The van der Waals surface area contributed by atoms with Crippen molar-refractivity contribution in [3.05, 3.63) is 0 Å². The number of epoxide rings is 1. The van der Waals surface area contributed by atoms with Gasteiger partial charge in [-0.15, -0.1) is 0 Å². The smallest absolute Gasteiger partial charge is 0.136 e. The maximum Gasteiger partial charge on any atom is 0.136 e. The number of ether oxygens (including phenoxy) is 1. The van der Waals surface area contributed by atoms with Gasteiger partial charge in [0.15, 0.2) is 0 Å². The second kappa shape index (κ2) is 7.78. The van der Waals surface area contributed by atoms with Crippen molar-refractivity contribution in [3.63, 3.8) is 0 Å². The lowest BCUT2D eigenvalue weighted by Crippen LogP contribution is -2.57. The predicted octanol–water partition coefficient (Wildman–Crippen LogP) is 4.85. The van der Waals surface area contributed by atoms with Crippen molar-refractivity contribution < 1.29 is 19.7 Å². The molecule has 5 rings (SSSR count). The lowest BCUT2D eigenvalue weighted by molar-refractivity contribution is -0.154. The van der Waals surface area contributed by atoms with Gasteiger partial charge in [0.05, 0.1) is 24.4 Å². The topological polar surface area (TPSA) is 70.1 Å². The maximum absolute atomic E-state index is 13.4. The number of carbonyl (C=O) groups excluding carboxylic acids is 1. The number of hydrogen-bond donors (Lipinski definition) is 2. The molecular weight excluding hydrogens is 400 g/mol. The number of aliphatic hydroxyl groups excluding tert-OH is 2. The molecule has 0 radical (unpaired) electrons. The molecule has 0 aromatic rings. The molecule has 0 amide bonds. The molecule has 2 N–H and O–H groups in total. The van der Waals surface area contributed by atoms with Crippen LogP contribution in [0.1, 0.15) is 86.5 Å². The van der Waals surface area contributed by atoms with Crippen LogP contribution in [0.5, 0.6) is 0 Å². The van der Waals surface area contributed by atoms with Crippen LogP contribution in [0.2, 0.25) is 0 Å². The first-order valence-corrected chi connectivity index (χ1v) is 13.5. The van der Waals surface area contributed by atoms with Crippen LogP contribution in [0.15, 0.2) is 0 Å². The van der Waals surface area contributed by atoms with Crippen LogP contribution >= 0.6 is 0 Å². The summed E-state index contributed by atoms with van der Waals surface area (Å²) in [6, 6.07) is 0. The lowest BCUT2D eigenvalue weighted by atomic mass is 9.44. The van der Waals surface area contributed by atoms with Gasteiger partial charge in [0, 0.05) is 12.3 Å². The Balaban J connectivity index is 1.36. The van der Waals surface area contributed by atoms with Crippen LogP contribution in [0.4, 0.5) is 0 Å². The average molecular weight is 447 g/mol. The summed E-state index contributed by atoms with van der Waals surface area (Å²) in [5.74, 6) is 3.34. The zero-order valence-corrected chi connectivity index (χ0v) is 21.1.